The van der Waals surface area contributed by atoms with Crippen molar-refractivity contribution in [1.82, 2.24) is 20.6 Å². The van der Waals surface area contributed by atoms with Gasteiger partial charge >= 0.3 is 6.18 Å². The molecule has 0 aliphatic rings. The maximum atomic E-state index is 12.9. The van der Waals surface area contributed by atoms with Crippen LogP contribution in [0.25, 0.3) is 11.4 Å². The molecular weight excluding hydrogens is 228 g/mol. The molecule has 0 saturated carbocycles. The lowest BCUT2D eigenvalue weighted by Gasteiger charge is -2.08. The lowest BCUT2D eigenvalue weighted by atomic mass is 10.1. The molecule has 2 aromatic rings. The molecule has 0 aliphatic heterocycles. The molecule has 1 aromatic carbocycles. The van der Waals surface area contributed by atoms with Crippen molar-refractivity contribution >= 4 is 0 Å². The van der Waals surface area contributed by atoms with E-state index in [1.54, 1.807) is 0 Å². The molecule has 0 atom stereocenters. The molecule has 0 saturated heterocycles. The van der Waals surface area contributed by atoms with Crippen LogP contribution in [0, 0.1) is 5.82 Å². The number of H-pyrrole nitrogens is 1. The van der Waals surface area contributed by atoms with E-state index in [1.165, 1.54) is 0 Å². The van der Waals surface area contributed by atoms with Crippen molar-refractivity contribution in [2.24, 2.45) is 0 Å². The second-order valence-corrected chi connectivity index (χ2v) is 2.93. The fraction of sp³-hybridized carbons (Fsp3) is 0.125. The monoisotopic (exact) mass is 232 g/mol. The third-order valence-corrected chi connectivity index (χ3v) is 1.88. The van der Waals surface area contributed by atoms with Crippen molar-refractivity contribution in [1.29, 1.82) is 0 Å². The van der Waals surface area contributed by atoms with Crippen molar-refractivity contribution < 1.29 is 17.6 Å². The van der Waals surface area contributed by atoms with E-state index in [-0.39, 0.29) is 11.4 Å². The number of hydrogen-bond acceptors (Lipinski definition) is 3. The van der Waals surface area contributed by atoms with E-state index in [2.05, 4.69) is 20.6 Å². The minimum absolute atomic E-state index is 0.0227. The van der Waals surface area contributed by atoms with Gasteiger partial charge in [0.2, 0.25) is 5.82 Å². The first kappa shape index (κ1) is 10.5. The van der Waals surface area contributed by atoms with Crippen LogP contribution in [0.1, 0.15) is 5.56 Å². The highest BCUT2D eigenvalue weighted by molar-refractivity contribution is 5.55. The average molecular weight is 232 g/mol. The van der Waals surface area contributed by atoms with Gasteiger partial charge in [-0.05, 0) is 23.4 Å². The van der Waals surface area contributed by atoms with E-state index < -0.39 is 17.6 Å². The summed E-state index contributed by atoms with van der Waals surface area (Å²) >= 11 is 0. The van der Waals surface area contributed by atoms with Crippen molar-refractivity contribution in [3.05, 3.63) is 29.6 Å². The molecule has 0 bridgehead atoms. The predicted octanol–water partition coefficient (Wildman–Crippen LogP) is 2.02. The zero-order valence-electron chi connectivity index (χ0n) is 7.59. The van der Waals surface area contributed by atoms with Gasteiger partial charge in [0.15, 0.2) is 0 Å². The van der Waals surface area contributed by atoms with Crippen molar-refractivity contribution in [2.75, 3.05) is 0 Å². The summed E-state index contributed by atoms with van der Waals surface area (Å²) in [6.45, 7) is 0. The van der Waals surface area contributed by atoms with E-state index in [0.29, 0.717) is 12.1 Å². The molecule has 0 spiro atoms. The Labute approximate surface area is 86.3 Å². The number of halogens is 4. The van der Waals surface area contributed by atoms with Crippen LogP contribution < -0.4 is 0 Å². The Hall–Kier alpha value is -1.99. The largest absolute Gasteiger partial charge is 0.419 e. The summed E-state index contributed by atoms with van der Waals surface area (Å²) in [5.74, 6) is -1.36. The van der Waals surface area contributed by atoms with E-state index in [0.717, 1.165) is 6.07 Å². The number of hydrogen-bond donors (Lipinski definition) is 1. The predicted molar refractivity (Wildman–Crippen MR) is 44.6 cm³/mol. The lowest BCUT2D eigenvalue weighted by Crippen LogP contribution is -2.08. The number of nitrogens with one attached hydrogen (secondary N) is 1. The first-order valence-corrected chi connectivity index (χ1v) is 4.09. The number of aromatic nitrogens is 4. The number of tetrazole rings is 1. The highest BCUT2D eigenvalue weighted by Gasteiger charge is 2.34. The Morgan fingerprint density at radius 2 is 1.94 bits per heavy atom. The number of aromatic amines is 1. The molecule has 4 nitrogen and oxygen atoms in total. The Balaban J connectivity index is 2.52. The van der Waals surface area contributed by atoms with Gasteiger partial charge in [-0.1, -0.05) is 0 Å². The maximum absolute atomic E-state index is 12.9. The van der Waals surface area contributed by atoms with E-state index in [9.17, 15) is 17.6 Å². The van der Waals surface area contributed by atoms with Crippen molar-refractivity contribution in [3.8, 4) is 11.4 Å². The molecular formula is C8H4F4N4. The SMILES string of the molecule is Fc1ccc(-c2nn[nH]n2)cc1C(F)(F)F. The number of benzene rings is 1. The highest BCUT2D eigenvalue weighted by atomic mass is 19.4. The van der Waals surface area contributed by atoms with Gasteiger partial charge < -0.3 is 0 Å². The molecule has 1 N–H and O–H groups in total. The molecule has 2 rings (SSSR count). The van der Waals surface area contributed by atoms with Gasteiger partial charge in [-0.25, -0.2) is 4.39 Å². The van der Waals surface area contributed by atoms with Crippen LogP contribution in [-0.4, -0.2) is 20.6 Å². The second-order valence-electron chi connectivity index (χ2n) is 2.93. The van der Waals surface area contributed by atoms with Gasteiger partial charge in [-0.2, -0.15) is 18.4 Å². The number of alkyl halides is 3. The van der Waals surface area contributed by atoms with Crippen LogP contribution in [0.4, 0.5) is 17.6 Å². The molecule has 0 aliphatic carbocycles. The van der Waals surface area contributed by atoms with Crippen LogP contribution in [0.3, 0.4) is 0 Å². The van der Waals surface area contributed by atoms with Crippen LogP contribution in [-0.2, 0) is 6.18 Å². The van der Waals surface area contributed by atoms with Gasteiger partial charge in [-0.3, -0.25) is 0 Å². The minimum Gasteiger partial charge on any atom is -0.206 e. The van der Waals surface area contributed by atoms with Crippen molar-refractivity contribution in [2.45, 2.75) is 6.18 Å². The quantitative estimate of drug-likeness (QED) is 0.765. The van der Waals surface area contributed by atoms with Gasteiger partial charge in [0.1, 0.15) is 5.82 Å². The summed E-state index contributed by atoms with van der Waals surface area (Å²) in [4.78, 5) is 0. The summed E-state index contributed by atoms with van der Waals surface area (Å²) in [5.41, 5.74) is -1.31. The summed E-state index contributed by atoms with van der Waals surface area (Å²) < 4.78 is 50.0. The smallest absolute Gasteiger partial charge is 0.206 e. The lowest BCUT2D eigenvalue weighted by molar-refractivity contribution is -0.139. The first-order chi connectivity index (χ1) is 7.48. The molecule has 1 heterocycles. The molecule has 0 unspecified atom stereocenters. The fourth-order valence-corrected chi connectivity index (χ4v) is 1.17. The van der Waals surface area contributed by atoms with Crippen LogP contribution in [0.15, 0.2) is 18.2 Å². The summed E-state index contributed by atoms with van der Waals surface area (Å²) in [6, 6.07) is 2.50. The topological polar surface area (TPSA) is 54.5 Å². The summed E-state index contributed by atoms with van der Waals surface area (Å²) in [6.07, 6.45) is -4.75. The Morgan fingerprint density at radius 1 is 1.19 bits per heavy atom. The van der Waals surface area contributed by atoms with Gasteiger partial charge in [0.25, 0.3) is 0 Å². The molecule has 0 radical (unpaired) electrons. The normalized spacial score (nSPS) is 11.8. The zero-order chi connectivity index (χ0) is 11.8. The minimum atomic E-state index is -4.75. The van der Waals surface area contributed by atoms with Crippen LogP contribution in [0.5, 0.6) is 0 Å². The van der Waals surface area contributed by atoms with Crippen LogP contribution in [0.2, 0.25) is 0 Å². The zero-order valence-corrected chi connectivity index (χ0v) is 7.59. The highest BCUT2D eigenvalue weighted by Crippen LogP contribution is 2.33. The van der Waals surface area contributed by atoms with Gasteiger partial charge in [0, 0.05) is 5.56 Å². The Morgan fingerprint density at radius 3 is 2.50 bits per heavy atom. The molecule has 16 heavy (non-hydrogen) atoms. The Kier molecular flexibility index (Phi) is 2.33. The van der Waals surface area contributed by atoms with E-state index >= 15 is 0 Å². The third kappa shape index (κ3) is 1.86. The van der Waals surface area contributed by atoms with Gasteiger partial charge in [0.05, 0.1) is 5.56 Å². The molecule has 84 valence electrons. The fourth-order valence-electron chi connectivity index (χ4n) is 1.17. The molecule has 1 aromatic heterocycles. The average Bonchev–Trinajstić information content (AvgIpc) is 2.69. The first-order valence-electron chi connectivity index (χ1n) is 4.09. The Bertz CT molecular complexity index is 491. The summed E-state index contributed by atoms with van der Waals surface area (Å²) in [5, 5.41) is 12.3. The maximum Gasteiger partial charge on any atom is 0.419 e. The number of rotatable bonds is 1. The van der Waals surface area contributed by atoms with Crippen LogP contribution >= 0.6 is 0 Å². The molecule has 8 heteroatoms. The second kappa shape index (κ2) is 3.54. The van der Waals surface area contributed by atoms with E-state index in [1.807, 2.05) is 0 Å². The molecule has 0 fully saturated rings. The standard InChI is InChI=1S/C8H4F4N4/c9-6-2-1-4(7-13-15-16-14-7)3-5(6)8(10,11)12/h1-3H,(H,13,14,15,16). The summed E-state index contributed by atoms with van der Waals surface area (Å²) in [7, 11) is 0. The number of nitrogens with zero attached hydrogens (tertiary/aromatic N) is 3. The van der Waals surface area contributed by atoms with Gasteiger partial charge in [-0.15, -0.1) is 10.2 Å². The molecule has 0 amide bonds. The third-order valence-electron chi connectivity index (χ3n) is 1.88. The van der Waals surface area contributed by atoms with Crippen molar-refractivity contribution in [3.63, 3.8) is 0 Å². The van der Waals surface area contributed by atoms with E-state index in [4.69, 9.17) is 0 Å².